The molecule has 9 heteroatoms. The highest BCUT2D eigenvalue weighted by molar-refractivity contribution is 6.34. The summed E-state index contributed by atoms with van der Waals surface area (Å²) < 4.78 is 19.6. The summed E-state index contributed by atoms with van der Waals surface area (Å²) in [5, 5.41) is 11.1. The molecule has 0 aromatic carbocycles. The predicted octanol–water partition coefficient (Wildman–Crippen LogP) is 3.00. The summed E-state index contributed by atoms with van der Waals surface area (Å²) in [6.45, 7) is 4.54. The van der Waals surface area contributed by atoms with Gasteiger partial charge in [-0.15, -0.1) is 11.6 Å². The van der Waals surface area contributed by atoms with Gasteiger partial charge < -0.3 is 23.9 Å². The van der Waals surface area contributed by atoms with Gasteiger partial charge in [0.15, 0.2) is 0 Å². The van der Waals surface area contributed by atoms with Crippen molar-refractivity contribution in [2.24, 2.45) is 5.41 Å². The highest BCUT2D eigenvalue weighted by atomic mass is 35.5. The lowest BCUT2D eigenvalue weighted by Gasteiger charge is -2.50. The summed E-state index contributed by atoms with van der Waals surface area (Å²) in [6.07, 6.45) is 6.18. The lowest BCUT2D eigenvalue weighted by Crippen LogP contribution is -2.57. The summed E-state index contributed by atoms with van der Waals surface area (Å²) in [5.74, 6) is 0. The lowest BCUT2D eigenvalue weighted by molar-refractivity contribution is -0.0595. The van der Waals surface area contributed by atoms with Gasteiger partial charge in [-0.3, -0.25) is 0 Å². The molecule has 1 unspecified atom stereocenters. The molecule has 1 aliphatic carbocycles. The van der Waals surface area contributed by atoms with E-state index in [0.717, 1.165) is 16.7 Å². The van der Waals surface area contributed by atoms with E-state index in [4.69, 9.17) is 37.4 Å². The highest BCUT2D eigenvalue weighted by Crippen LogP contribution is 2.57. The maximum absolute atomic E-state index is 10.0. The Kier molecular flexibility index (Phi) is 4.55. The first-order valence-corrected chi connectivity index (χ1v) is 10.2. The molecule has 0 amide bonds. The first-order valence-electron chi connectivity index (χ1n) is 9.44. The van der Waals surface area contributed by atoms with Crippen LogP contribution in [0.5, 0.6) is 0 Å². The fraction of sp³-hybridized carbons (Fsp3) is 0.500. The van der Waals surface area contributed by atoms with Gasteiger partial charge in [-0.1, -0.05) is 31.5 Å². The SMILES string of the molecule is CC1(C)C(CO)=CC=C(n2ccc3c(Cl)ncnc32)C1(Cl)[C@@H]1OC[C@H]2OCO[C@@H]12. The molecule has 4 heterocycles. The van der Waals surface area contributed by atoms with Gasteiger partial charge in [0, 0.05) is 17.3 Å². The van der Waals surface area contributed by atoms with Crippen LogP contribution in [0.1, 0.15) is 13.8 Å². The fourth-order valence-electron chi connectivity index (χ4n) is 4.65. The highest BCUT2D eigenvalue weighted by Gasteiger charge is 2.62. The minimum Gasteiger partial charge on any atom is -0.392 e. The number of aliphatic hydroxyl groups excluding tert-OH is 1. The number of allylic oxidation sites excluding steroid dienone is 2. The van der Waals surface area contributed by atoms with Gasteiger partial charge in [-0.05, 0) is 17.7 Å². The number of hydrogen-bond donors (Lipinski definition) is 1. The summed E-state index contributed by atoms with van der Waals surface area (Å²) in [6, 6.07) is 1.86. The van der Waals surface area contributed by atoms with Crippen molar-refractivity contribution in [3.05, 3.63) is 41.5 Å². The maximum Gasteiger partial charge on any atom is 0.149 e. The van der Waals surface area contributed by atoms with Gasteiger partial charge >= 0.3 is 0 Å². The van der Waals surface area contributed by atoms with Crippen molar-refractivity contribution in [2.75, 3.05) is 20.0 Å². The third-order valence-corrected chi connectivity index (χ3v) is 7.61. The zero-order valence-electron chi connectivity index (χ0n) is 16.0. The van der Waals surface area contributed by atoms with Crippen molar-refractivity contribution >= 4 is 39.9 Å². The van der Waals surface area contributed by atoms with Crippen LogP contribution in [0.3, 0.4) is 0 Å². The smallest absolute Gasteiger partial charge is 0.149 e. The van der Waals surface area contributed by atoms with E-state index in [9.17, 15) is 5.11 Å². The molecule has 0 spiro atoms. The fourth-order valence-corrected chi connectivity index (χ4v) is 5.31. The van der Waals surface area contributed by atoms with E-state index in [0.29, 0.717) is 17.4 Å². The van der Waals surface area contributed by atoms with Crippen LogP contribution in [0.4, 0.5) is 0 Å². The van der Waals surface area contributed by atoms with Crippen LogP contribution in [0.2, 0.25) is 5.15 Å². The van der Waals surface area contributed by atoms with Crippen LogP contribution >= 0.6 is 23.2 Å². The predicted molar refractivity (Wildman–Crippen MR) is 109 cm³/mol. The van der Waals surface area contributed by atoms with Crippen molar-refractivity contribution in [3.8, 4) is 0 Å². The number of hydrogen-bond acceptors (Lipinski definition) is 6. The molecule has 1 N–H and O–H groups in total. The summed E-state index contributed by atoms with van der Waals surface area (Å²) in [7, 11) is 0. The third kappa shape index (κ3) is 2.59. The Balaban J connectivity index is 1.72. The Hall–Kier alpha value is -1.48. The molecular weight excluding hydrogens is 417 g/mol. The van der Waals surface area contributed by atoms with Gasteiger partial charge in [-0.2, -0.15) is 0 Å². The van der Waals surface area contributed by atoms with Gasteiger partial charge in [-0.25, -0.2) is 9.97 Å². The van der Waals surface area contributed by atoms with E-state index in [1.165, 1.54) is 6.33 Å². The lowest BCUT2D eigenvalue weighted by atomic mass is 9.65. The van der Waals surface area contributed by atoms with Crippen LogP contribution in [0.15, 0.2) is 36.3 Å². The van der Waals surface area contributed by atoms with E-state index >= 15 is 0 Å². The average molecular weight is 438 g/mol. The Labute approximate surface area is 177 Å². The second-order valence-corrected chi connectivity index (χ2v) is 8.99. The van der Waals surface area contributed by atoms with E-state index in [1.807, 2.05) is 42.8 Å². The second kappa shape index (κ2) is 6.77. The zero-order valence-corrected chi connectivity index (χ0v) is 17.5. The molecule has 29 heavy (non-hydrogen) atoms. The van der Waals surface area contributed by atoms with Crippen molar-refractivity contribution in [3.63, 3.8) is 0 Å². The molecular formula is C20H21Cl2N3O4. The molecule has 2 saturated heterocycles. The number of ether oxygens (including phenoxy) is 3. The molecule has 154 valence electrons. The van der Waals surface area contributed by atoms with Crippen molar-refractivity contribution in [1.82, 2.24) is 14.5 Å². The third-order valence-electron chi connectivity index (χ3n) is 6.43. The van der Waals surface area contributed by atoms with E-state index in [1.54, 1.807) is 0 Å². The van der Waals surface area contributed by atoms with Crippen LogP contribution < -0.4 is 0 Å². The minimum atomic E-state index is -1.06. The molecule has 7 nitrogen and oxygen atoms in total. The number of alkyl halides is 1. The number of halogens is 2. The molecule has 2 aromatic rings. The largest absolute Gasteiger partial charge is 0.392 e. The second-order valence-electron chi connectivity index (χ2n) is 8.03. The average Bonchev–Trinajstić information content (AvgIpc) is 3.39. The number of aliphatic hydroxyl groups is 1. The van der Waals surface area contributed by atoms with Gasteiger partial charge in [0.05, 0.1) is 18.6 Å². The van der Waals surface area contributed by atoms with Crippen LogP contribution in [-0.4, -0.2) is 62.8 Å². The first kappa shape index (κ1) is 19.5. The summed E-state index contributed by atoms with van der Waals surface area (Å²) in [4.78, 5) is 7.42. The number of rotatable bonds is 3. The van der Waals surface area contributed by atoms with E-state index < -0.39 is 16.4 Å². The van der Waals surface area contributed by atoms with Crippen molar-refractivity contribution < 1.29 is 19.3 Å². The van der Waals surface area contributed by atoms with Gasteiger partial charge in [0.25, 0.3) is 0 Å². The van der Waals surface area contributed by atoms with Gasteiger partial charge in [0.2, 0.25) is 0 Å². The van der Waals surface area contributed by atoms with Crippen LogP contribution in [-0.2, 0) is 14.2 Å². The first-order chi connectivity index (χ1) is 13.9. The monoisotopic (exact) mass is 437 g/mol. The Morgan fingerprint density at radius 3 is 2.86 bits per heavy atom. The summed E-state index contributed by atoms with van der Waals surface area (Å²) in [5.41, 5.74) is 1.58. The Morgan fingerprint density at radius 2 is 2.07 bits per heavy atom. The number of fused-ring (bicyclic) bond motifs is 2. The van der Waals surface area contributed by atoms with E-state index in [2.05, 4.69) is 9.97 Å². The van der Waals surface area contributed by atoms with Crippen molar-refractivity contribution in [1.29, 1.82) is 0 Å². The van der Waals surface area contributed by atoms with E-state index in [-0.39, 0.29) is 25.6 Å². The van der Waals surface area contributed by atoms with Crippen LogP contribution in [0.25, 0.3) is 16.7 Å². The molecule has 3 aliphatic rings. The number of aromatic nitrogens is 3. The van der Waals surface area contributed by atoms with Crippen LogP contribution in [0, 0.1) is 5.41 Å². The zero-order chi connectivity index (χ0) is 20.4. The maximum atomic E-state index is 10.0. The summed E-state index contributed by atoms with van der Waals surface area (Å²) >= 11 is 13.8. The minimum absolute atomic E-state index is 0.107. The van der Waals surface area contributed by atoms with Crippen molar-refractivity contribution in [2.45, 2.75) is 37.0 Å². The number of nitrogens with zero attached hydrogens (tertiary/aromatic N) is 3. The molecule has 2 aliphatic heterocycles. The molecule has 0 saturated carbocycles. The molecule has 4 atom stereocenters. The Bertz CT molecular complexity index is 1030. The van der Waals surface area contributed by atoms with Gasteiger partial charge in [0.1, 0.15) is 47.1 Å². The quantitative estimate of drug-likeness (QED) is 0.587. The normalized spacial score (nSPS) is 33.6. The topological polar surface area (TPSA) is 78.6 Å². The molecule has 5 rings (SSSR count). The molecule has 0 radical (unpaired) electrons. The molecule has 0 bridgehead atoms. The Morgan fingerprint density at radius 1 is 1.24 bits per heavy atom. The molecule has 2 aromatic heterocycles. The standard InChI is InChI=1S/C20H21Cl2N3O4/c1-19(2)11(7-26)3-4-14(25-6-5-12-17(21)23-9-24-18(12)25)20(19,22)16-15-13(8-27-16)28-10-29-15/h3-6,9,13,15-16,26H,7-8,10H2,1-2H3/t13-,15-,16-,20?/m1/s1. The molecule has 2 fully saturated rings.